The van der Waals surface area contributed by atoms with Crippen molar-refractivity contribution in [3.8, 4) is 5.88 Å². The molecule has 1 atom stereocenters. The Balaban J connectivity index is 2.06. The summed E-state index contributed by atoms with van der Waals surface area (Å²) in [5.41, 5.74) is 1.40. The first-order valence-electron chi connectivity index (χ1n) is 6.69. The number of nitrogens with zero attached hydrogens (tertiary/aromatic N) is 1. The third-order valence-electron chi connectivity index (χ3n) is 3.09. The summed E-state index contributed by atoms with van der Waals surface area (Å²) < 4.78 is 5.07. The van der Waals surface area contributed by atoms with E-state index in [1.807, 2.05) is 30.3 Å². The van der Waals surface area contributed by atoms with Gasteiger partial charge in [-0.2, -0.15) is 0 Å². The number of aliphatic hydroxyl groups excluding tert-OH is 1. The number of rotatable bonds is 6. The van der Waals surface area contributed by atoms with E-state index in [2.05, 4.69) is 10.3 Å². The fraction of sp³-hybridized carbons (Fsp3) is 0.250. The lowest BCUT2D eigenvalue weighted by atomic mass is 10.1. The molecule has 2 rings (SSSR count). The number of aliphatic hydroxyl groups is 1. The number of amides is 1. The maximum Gasteiger partial charge on any atom is 0.257 e. The van der Waals surface area contributed by atoms with Crippen LogP contribution in [0, 0.1) is 0 Å². The van der Waals surface area contributed by atoms with E-state index in [4.69, 9.17) is 4.74 Å². The lowest BCUT2D eigenvalue weighted by Crippen LogP contribution is -2.39. The second-order valence-corrected chi connectivity index (χ2v) is 4.60. The van der Waals surface area contributed by atoms with Gasteiger partial charge in [0.25, 0.3) is 5.91 Å². The highest BCUT2D eigenvalue weighted by Gasteiger charge is 2.17. The fourth-order valence-corrected chi connectivity index (χ4v) is 2.05. The molecule has 5 nitrogen and oxygen atoms in total. The van der Waals surface area contributed by atoms with Gasteiger partial charge in [0.15, 0.2) is 0 Å². The van der Waals surface area contributed by atoms with Gasteiger partial charge < -0.3 is 15.2 Å². The average molecular weight is 286 g/mol. The predicted molar refractivity (Wildman–Crippen MR) is 79.3 cm³/mol. The van der Waals surface area contributed by atoms with Gasteiger partial charge in [0.1, 0.15) is 5.56 Å². The van der Waals surface area contributed by atoms with Crippen LogP contribution >= 0.6 is 0 Å². The van der Waals surface area contributed by atoms with E-state index >= 15 is 0 Å². The van der Waals surface area contributed by atoms with Crippen LogP contribution in [0.5, 0.6) is 5.88 Å². The summed E-state index contributed by atoms with van der Waals surface area (Å²) in [6.07, 6.45) is 2.12. The van der Waals surface area contributed by atoms with Gasteiger partial charge in [-0.05, 0) is 24.1 Å². The molecule has 0 fully saturated rings. The lowest BCUT2D eigenvalue weighted by Gasteiger charge is -2.17. The highest BCUT2D eigenvalue weighted by Crippen LogP contribution is 2.13. The largest absolute Gasteiger partial charge is 0.480 e. The molecule has 2 aromatic rings. The van der Waals surface area contributed by atoms with Crippen LogP contribution in [0.1, 0.15) is 15.9 Å². The minimum atomic E-state index is -0.357. The van der Waals surface area contributed by atoms with Crippen LogP contribution < -0.4 is 10.1 Å². The molecule has 5 heteroatoms. The number of nitrogens with one attached hydrogen (secondary N) is 1. The predicted octanol–water partition coefficient (Wildman–Crippen LogP) is 1.42. The minimum Gasteiger partial charge on any atom is -0.480 e. The number of hydrogen-bond donors (Lipinski definition) is 2. The van der Waals surface area contributed by atoms with Crippen molar-refractivity contribution in [1.82, 2.24) is 10.3 Å². The Hall–Kier alpha value is -2.40. The first kappa shape index (κ1) is 15.0. The fourth-order valence-electron chi connectivity index (χ4n) is 2.05. The Labute approximate surface area is 123 Å². The molecule has 0 radical (unpaired) electrons. The summed E-state index contributed by atoms with van der Waals surface area (Å²) in [6, 6.07) is 12.6. The molecule has 0 saturated carbocycles. The average Bonchev–Trinajstić information content (AvgIpc) is 2.55. The number of aromatic nitrogens is 1. The Morgan fingerprint density at radius 1 is 1.29 bits per heavy atom. The molecular weight excluding hydrogens is 268 g/mol. The maximum atomic E-state index is 12.2. The van der Waals surface area contributed by atoms with Crippen LogP contribution in [-0.4, -0.2) is 35.8 Å². The number of methoxy groups -OCH3 is 1. The van der Waals surface area contributed by atoms with E-state index in [0.29, 0.717) is 12.0 Å². The van der Waals surface area contributed by atoms with Gasteiger partial charge in [0.05, 0.1) is 19.8 Å². The molecule has 2 N–H and O–H groups in total. The summed E-state index contributed by atoms with van der Waals surface area (Å²) in [5.74, 6) is -0.0404. The van der Waals surface area contributed by atoms with Gasteiger partial charge in [0.2, 0.25) is 5.88 Å². The van der Waals surface area contributed by atoms with E-state index in [-0.39, 0.29) is 24.4 Å². The first-order valence-corrected chi connectivity index (χ1v) is 6.69. The van der Waals surface area contributed by atoms with Crippen molar-refractivity contribution in [2.75, 3.05) is 13.7 Å². The number of carbonyl (C=O) groups is 1. The van der Waals surface area contributed by atoms with Crippen LogP contribution in [-0.2, 0) is 6.42 Å². The molecule has 0 aliphatic heterocycles. The van der Waals surface area contributed by atoms with Crippen molar-refractivity contribution < 1.29 is 14.6 Å². The SMILES string of the molecule is COc1ncccc1C(=O)NC(CO)Cc1ccccc1. The molecule has 110 valence electrons. The van der Waals surface area contributed by atoms with Crippen LogP contribution in [0.2, 0.25) is 0 Å². The van der Waals surface area contributed by atoms with Crippen molar-refractivity contribution in [2.24, 2.45) is 0 Å². The summed E-state index contributed by atoms with van der Waals surface area (Å²) >= 11 is 0. The normalized spacial score (nSPS) is 11.7. The van der Waals surface area contributed by atoms with Gasteiger partial charge in [-0.1, -0.05) is 30.3 Å². The number of pyridine rings is 1. The second kappa shape index (κ2) is 7.40. The number of benzene rings is 1. The molecule has 21 heavy (non-hydrogen) atoms. The van der Waals surface area contributed by atoms with Crippen molar-refractivity contribution in [1.29, 1.82) is 0 Å². The quantitative estimate of drug-likeness (QED) is 0.842. The number of hydrogen-bond acceptors (Lipinski definition) is 4. The van der Waals surface area contributed by atoms with E-state index in [9.17, 15) is 9.90 Å². The number of ether oxygens (including phenoxy) is 1. The van der Waals surface area contributed by atoms with E-state index in [1.165, 1.54) is 7.11 Å². The second-order valence-electron chi connectivity index (χ2n) is 4.60. The molecule has 0 saturated heterocycles. The Morgan fingerprint density at radius 3 is 2.71 bits per heavy atom. The van der Waals surface area contributed by atoms with Gasteiger partial charge in [0, 0.05) is 6.20 Å². The Morgan fingerprint density at radius 2 is 2.05 bits per heavy atom. The zero-order chi connectivity index (χ0) is 15.1. The van der Waals surface area contributed by atoms with Crippen molar-refractivity contribution in [2.45, 2.75) is 12.5 Å². The summed E-state index contributed by atoms with van der Waals surface area (Å²) in [6.45, 7) is -0.136. The zero-order valence-electron chi connectivity index (χ0n) is 11.8. The third kappa shape index (κ3) is 4.03. The highest BCUT2D eigenvalue weighted by atomic mass is 16.5. The van der Waals surface area contributed by atoms with Crippen LogP contribution in [0.3, 0.4) is 0 Å². The van der Waals surface area contributed by atoms with Gasteiger partial charge in [-0.15, -0.1) is 0 Å². The molecular formula is C16H18N2O3. The van der Waals surface area contributed by atoms with Crippen LogP contribution in [0.4, 0.5) is 0 Å². The van der Waals surface area contributed by atoms with Crippen molar-refractivity contribution in [3.05, 3.63) is 59.8 Å². The van der Waals surface area contributed by atoms with Gasteiger partial charge in [-0.3, -0.25) is 4.79 Å². The van der Waals surface area contributed by atoms with E-state index in [1.54, 1.807) is 18.3 Å². The van der Waals surface area contributed by atoms with Gasteiger partial charge >= 0.3 is 0 Å². The smallest absolute Gasteiger partial charge is 0.257 e. The molecule has 0 aliphatic rings. The first-order chi connectivity index (χ1) is 10.2. The molecule has 0 spiro atoms. The van der Waals surface area contributed by atoms with Crippen molar-refractivity contribution >= 4 is 5.91 Å². The van der Waals surface area contributed by atoms with Crippen LogP contribution in [0.25, 0.3) is 0 Å². The molecule has 1 aromatic heterocycles. The summed E-state index contributed by atoms with van der Waals surface area (Å²) in [4.78, 5) is 16.2. The molecule has 0 aliphatic carbocycles. The summed E-state index contributed by atoms with van der Waals surface area (Å²) in [5, 5.41) is 12.2. The Kier molecular flexibility index (Phi) is 5.29. The topological polar surface area (TPSA) is 71.5 Å². The summed E-state index contributed by atoms with van der Waals surface area (Å²) in [7, 11) is 1.46. The van der Waals surface area contributed by atoms with Crippen LogP contribution in [0.15, 0.2) is 48.7 Å². The number of carbonyl (C=O) groups excluding carboxylic acids is 1. The molecule has 0 bridgehead atoms. The zero-order valence-corrected chi connectivity index (χ0v) is 11.8. The molecule has 1 aromatic carbocycles. The molecule has 1 heterocycles. The standard InChI is InChI=1S/C16H18N2O3/c1-21-16-14(8-5-9-17-16)15(20)18-13(11-19)10-12-6-3-2-4-7-12/h2-9,13,19H,10-11H2,1H3,(H,18,20). The molecule has 1 amide bonds. The lowest BCUT2D eigenvalue weighted by molar-refractivity contribution is 0.0912. The highest BCUT2D eigenvalue weighted by molar-refractivity contribution is 5.96. The monoisotopic (exact) mass is 286 g/mol. The maximum absolute atomic E-state index is 12.2. The Bertz CT molecular complexity index is 587. The molecule has 1 unspecified atom stereocenters. The van der Waals surface area contributed by atoms with Gasteiger partial charge in [-0.25, -0.2) is 4.98 Å². The van der Waals surface area contributed by atoms with Crippen molar-refractivity contribution in [3.63, 3.8) is 0 Å². The van der Waals surface area contributed by atoms with E-state index < -0.39 is 0 Å². The van der Waals surface area contributed by atoms with E-state index in [0.717, 1.165) is 5.56 Å². The minimum absolute atomic E-state index is 0.136. The third-order valence-corrected chi connectivity index (χ3v) is 3.09.